The lowest BCUT2D eigenvalue weighted by Gasteiger charge is -2.00. The predicted octanol–water partition coefficient (Wildman–Crippen LogP) is 3.12. The summed E-state index contributed by atoms with van der Waals surface area (Å²) in [6.45, 7) is 4.52. The molecule has 0 aliphatic carbocycles. The maximum atomic E-state index is 13.7. The fourth-order valence-corrected chi connectivity index (χ4v) is 1.78. The molecule has 0 saturated carbocycles. The third-order valence-electron chi connectivity index (χ3n) is 2.26. The van der Waals surface area contributed by atoms with E-state index in [1.165, 1.54) is 0 Å². The number of fused-ring (bicyclic) bond motifs is 1. The molecule has 16 heavy (non-hydrogen) atoms. The molecule has 1 aromatic carbocycles. The van der Waals surface area contributed by atoms with Crippen molar-refractivity contribution in [1.29, 1.82) is 0 Å². The number of nitrogens with one attached hydrogen (secondary N) is 1. The van der Waals surface area contributed by atoms with Crippen molar-refractivity contribution < 1.29 is 4.39 Å². The first-order chi connectivity index (χ1) is 7.74. The maximum Gasteiger partial charge on any atom is 0.146 e. The molecule has 0 atom stereocenters. The van der Waals surface area contributed by atoms with Crippen LogP contribution in [-0.4, -0.2) is 11.5 Å². The second kappa shape index (κ2) is 5.92. The van der Waals surface area contributed by atoms with Crippen LogP contribution in [0.5, 0.6) is 0 Å². The van der Waals surface area contributed by atoms with E-state index in [0.29, 0.717) is 23.2 Å². The number of nitrogens with two attached hydrogens (primary N) is 1. The van der Waals surface area contributed by atoms with Crippen LogP contribution in [0.1, 0.15) is 19.4 Å². The quantitative estimate of drug-likeness (QED) is 0.694. The minimum atomic E-state index is -0.268. The lowest BCUT2D eigenvalue weighted by molar-refractivity contribution is 0.614. The Morgan fingerprint density at radius 3 is 2.69 bits per heavy atom. The number of aromatic amines is 1. The molecule has 1 aromatic heterocycles. The van der Waals surface area contributed by atoms with Gasteiger partial charge in [-0.2, -0.15) is 0 Å². The van der Waals surface area contributed by atoms with Gasteiger partial charge in [-0.15, -0.1) is 12.6 Å². The first-order valence-corrected chi connectivity index (χ1v) is 5.86. The Bertz CT molecular complexity index is 465. The molecule has 2 aromatic rings. The number of H-pyrrole nitrogens is 1. The number of aromatic nitrogens is 1. The van der Waals surface area contributed by atoms with Crippen molar-refractivity contribution in [2.75, 3.05) is 6.54 Å². The molecular formula is C12H17FN2S. The van der Waals surface area contributed by atoms with Crippen molar-refractivity contribution in [3.8, 4) is 0 Å². The predicted molar refractivity (Wildman–Crippen MR) is 69.6 cm³/mol. The van der Waals surface area contributed by atoms with Crippen LogP contribution in [0.2, 0.25) is 0 Å². The first kappa shape index (κ1) is 13.1. The molecule has 0 amide bonds. The van der Waals surface area contributed by atoms with Gasteiger partial charge in [0.2, 0.25) is 0 Å². The van der Waals surface area contributed by atoms with Gasteiger partial charge in [0, 0.05) is 22.0 Å². The smallest absolute Gasteiger partial charge is 0.146 e. The van der Waals surface area contributed by atoms with E-state index in [2.05, 4.69) is 17.6 Å². The highest BCUT2D eigenvalue weighted by molar-refractivity contribution is 7.80. The molecule has 0 aliphatic heterocycles. The van der Waals surface area contributed by atoms with Gasteiger partial charge in [0.15, 0.2) is 0 Å². The number of hydrogen-bond acceptors (Lipinski definition) is 2. The van der Waals surface area contributed by atoms with Gasteiger partial charge in [-0.3, -0.25) is 0 Å². The highest BCUT2D eigenvalue weighted by Gasteiger charge is 2.10. The standard InChI is InChI=1S/C10H11FN2S.C2H6/c11-10-8(14)2-1-7-9(10)6(3-4-12)5-13-7;1-2/h1-2,5,13-14H,3-4,12H2;1-2H3. The molecule has 4 heteroatoms. The lowest BCUT2D eigenvalue weighted by atomic mass is 10.1. The van der Waals surface area contributed by atoms with Gasteiger partial charge in [0.25, 0.3) is 0 Å². The summed E-state index contributed by atoms with van der Waals surface area (Å²) in [6.07, 6.45) is 2.47. The number of benzene rings is 1. The third-order valence-corrected chi connectivity index (χ3v) is 2.60. The first-order valence-electron chi connectivity index (χ1n) is 5.41. The number of rotatable bonds is 2. The highest BCUT2D eigenvalue weighted by Crippen LogP contribution is 2.26. The average Bonchev–Trinajstić information content (AvgIpc) is 2.71. The Morgan fingerprint density at radius 1 is 1.38 bits per heavy atom. The second-order valence-corrected chi connectivity index (χ2v) is 3.66. The summed E-state index contributed by atoms with van der Waals surface area (Å²) in [6, 6.07) is 3.46. The van der Waals surface area contributed by atoms with Gasteiger partial charge in [0.05, 0.1) is 0 Å². The van der Waals surface area contributed by atoms with Crippen LogP contribution in [0.4, 0.5) is 4.39 Å². The molecule has 0 saturated heterocycles. The van der Waals surface area contributed by atoms with Crippen LogP contribution in [0.3, 0.4) is 0 Å². The summed E-state index contributed by atoms with van der Waals surface area (Å²) >= 11 is 4.04. The number of halogens is 1. The van der Waals surface area contributed by atoms with Crippen LogP contribution in [0, 0.1) is 5.82 Å². The second-order valence-electron chi connectivity index (χ2n) is 3.17. The zero-order valence-electron chi connectivity index (χ0n) is 9.55. The van der Waals surface area contributed by atoms with Gasteiger partial charge in [-0.1, -0.05) is 13.8 Å². The molecule has 0 fully saturated rings. The van der Waals surface area contributed by atoms with Gasteiger partial charge in [-0.05, 0) is 30.7 Å². The highest BCUT2D eigenvalue weighted by atomic mass is 32.1. The summed E-state index contributed by atoms with van der Waals surface area (Å²) in [4.78, 5) is 3.38. The van der Waals surface area contributed by atoms with E-state index in [4.69, 9.17) is 5.73 Å². The molecular weight excluding hydrogens is 223 g/mol. The topological polar surface area (TPSA) is 41.8 Å². The van der Waals surface area contributed by atoms with E-state index in [-0.39, 0.29) is 5.82 Å². The third kappa shape index (κ3) is 2.39. The monoisotopic (exact) mass is 240 g/mol. The largest absolute Gasteiger partial charge is 0.361 e. The van der Waals surface area contributed by atoms with Gasteiger partial charge >= 0.3 is 0 Å². The molecule has 0 aliphatic rings. The summed E-state index contributed by atoms with van der Waals surface area (Å²) in [5.74, 6) is -0.268. The summed E-state index contributed by atoms with van der Waals surface area (Å²) < 4.78 is 13.7. The Hall–Kier alpha value is -1.00. The summed E-state index contributed by atoms with van der Waals surface area (Å²) in [5, 5.41) is 0.614. The lowest BCUT2D eigenvalue weighted by Crippen LogP contribution is -2.02. The van der Waals surface area contributed by atoms with Crippen molar-refractivity contribution in [2.24, 2.45) is 5.73 Å². The van der Waals surface area contributed by atoms with E-state index in [0.717, 1.165) is 11.1 Å². The van der Waals surface area contributed by atoms with E-state index in [9.17, 15) is 4.39 Å². The fraction of sp³-hybridized carbons (Fsp3) is 0.333. The minimum absolute atomic E-state index is 0.268. The normalized spacial score (nSPS) is 10.1. The van der Waals surface area contributed by atoms with Crippen LogP contribution < -0.4 is 5.73 Å². The zero-order chi connectivity index (χ0) is 12.1. The Balaban J connectivity index is 0.000000606. The zero-order valence-corrected chi connectivity index (χ0v) is 10.4. The van der Waals surface area contributed by atoms with Gasteiger partial charge < -0.3 is 10.7 Å². The van der Waals surface area contributed by atoms with E-state index in [1.54, 1.807) is 12.3 Å². The molecule has 2 nitrogen and oxygen atoms in total. The number of hydrogen-bond donors (Lipinski definition) is 3. The maximum absolute atomic E-state index is 13.7. The molecule has 0 radical (unpaired) electrons. The molecule has 1 heterocycles. The van der Waals surface area contributed by atoms with E-state index >= 15 is 0 Å². The minimum Gasteiger partial charge on any atom is -0.361 e. The molecule has 88 valence electrons. The van der Waals surface area contributed by atoms with Gasteiger partial charge in [0.1, 0.15) is 5.82 Å². The Labute approximate surface area is 100 Å². The van der Waals surface area contributed by atoms with Crippen LogP contribution >= 0.6 is 12.6 Å². The van der Waals surface area contributed by atoms with Crippen molar-refractivity contribution >= 4 is 23.5 Å². The molecule has 2 rings (SSSR count). The van der Waals surface area contributed by atoms with Crippen molar-refractivity contribution in [1.82, 2.24) is 4.98 Å². The van der Waals surface area contributed by atoms with Crippen molar-refractivity contribution in [2.45, 2.75) is 25.2 Å². The fourth-order valence-electron chi connectivity index (χ4n) is 1.59. The van der Waals surface area contributed by atoms with Crippen molar-refractivity contribution in [3.05, 3.63) is 29.7 Å². The number of thiol groups is 1. The summed E-state index contributed by atoms with van der Waals surface area (Å²) in [5.41, 5.74) is 7.15. The Kier molecular flexibility index (Phi) is 4.83. The van der Waals surface area contributed by atoms with Crippen LogP contribution in [-0.2, 0) is 6.42 Å². The van der Waals surface area contributed by atoms with Gasteiger partial charge in [-0.25, -0.2) is 4.39 Å². The van der Waals surface area contributed by atoms with Crippen LogP contribution in [0.15, 0.2) is 23.2 Å². The molecule has 0 unspecified atom stereocenters. The molecule has 0 bridgehead atoms. The summed E-state index contributed by atoms with van der Waals surface area (Å²) in [7, 11) is 0. The van der Waals surface area contributed by atoms with E-state index in [1.807, 2.05) is 19.9 Å². The molecule has 0 spiro atoms. The molecule has 3 N–H and O–H groups in total. The van der Waals surface area contributed by atoms with Crippen LogP contribution in [0.25, 0.3) is 10.9 Å². The average molecular weight is 240 g/mol. The van der Waals surface area contributed by atoms with E-state index < -0.39 is 0 Å². The SMILES string of the molecule is CC.NCCc1c[nH]c2ccc(S)c(F)c12. The Morgan fingerprint density at radius 2 is 2.06 bits per heavy atom. The van der Waals surface area contributed by atoms with Crippen molar-refractivity contribution in [3.63, 3.8) is 0 Å².